The van der Waals surface area contributed by atoms with Crippen molar-refractivity contribution in [3.63, 3.8) is 0 Å². The van der Waals surface area contributed by atoms with Gasteiger partial charge < -0.3 is 5.73 Å². The summed E-state index contributed by atoms with van der Waals surface area (Å²) in [6, 6.07) is 1.76. The maximum absolute atomic E-state index is 6.00. The lowest BCUT2D eigenvalue weighted by atomic mass is 9.94. The first-order valence-corrected chi connectivity index (χ1v) is 5.38. The van der Waals surface area contributed by atoms with Gasteiger partial charge in [-0.2, -0.15) is 5.53 Å². The predicted molar refractivity (Wildman–Crippen MR) is 50.4 cm³/mol. The molecule has 0 amide bonds. The van der Waals surface area contributed by atoms with Crippen LogP contribution in [0.4, 0.5) is 0 Å². The lowest BCUT2D eigenvalue weighted by Crippen LogP contribution is -2.34. The summed E-state index contributed by atoms with van der Waals surface area (Å²) in [6.45, 7) is 0. The number of hydrazine groups is 2. The van der Waals surface area contributed by atoms with Gasteiger partial charge >= 0.3 is 0 Å². The van der Waals surface area contributed by atoms with E-state index in [-0.39, 0.29) is 0 Å². The minimum Gasteiger partial charge on any atom is -0.327 e. The van der Waals surface area contributed by atoms with Crippen molar-refractivity contribution in [2.45, 2.75) is 43.8 Å². The number of rotatable bonds is 0. The molecule has 0 aromatic rings. The molecule has 4 heteroatoms. The quantitative estimate of drug-likeness (QED) is 0.407. The van der Waals surface area contributed by atoms with Gasteiger partial charge in [-0.15, -0.1) is 0 Å². The minimum atomic E-state index is 0.520. The van der Waals surface area contributed by atoms with Crippen LogP contribution >= 0.6 is 0 Å². The second-order valence-electron chi connectivity index (χ2n) is 4.69. The van der Waals surface area contributed by atoms with Crippen molar-refractivity contribution in [2.75, 3.05) is 0 Å². The first kappa shape index (κ1) is 8.17. The maximum atomic E-state index is 6.00. The maximum Gasteiger partial charge on any atom is 0.0393 e. The van der Waals surface area contributed by atoms with Gasteiger partial charge in [0.05, 0.1) is 0 Å². The molecule has 2 saturated carbocycles. The van der Waals surface area contributed by atoms with Gasteiger partial charge in [-0.05, 0) is 37.5 Å². The molecule has 1 aliphatic heterocycles. The van der Waals surface area contributed by atoms with E-state index < -0.39 is 0 Å². The smallest absolute Gasteiger partial charge is 0.0393 e. The number of nitrogens with one attached hydrogen (secondary N) is 3. The van der Waals surface area contributed by atoms with E-state index >= 15 is 0 Å². The highest BCUT2D eigenvalue weighted by Gasteiger charge is 2.48. The highest BCUT2D eigenvalue weighted by molar-refractivity contribution is 5.04. The van der Waals surface area contributed by atoms with Gasteiger partial charge in [0.25, 0.3) is 0 Å². The lowest BCUT2D eigenvalue weighted by molar-refractivity contribution is 0.383. The monoisotopic (exact) mass is 182 g/mol. The molecule has 3 rings (SSSR count). The molecule has 1 heterocycles. The first-order chi connectivity index (χ1) is 6.36. The fourth-order valence-corrected chi connectivity index (χ4v) is 3.01. The highest BCUT2D eigenvalue weighted by atomic mass is 15.7. The Bertz CT molecular complexity index is 188. The molecule has 0 aromatic carbocycles. The lowest BCUT2D eigenvalue weighted by Gasteiger charge is -2.19. The zero-order chi connectivity index (χ0) is 8.84. The van der Waals surface area contributed by atoms with Crippen LogP contribution in [0.1, 0.15) is 25.7 Å². The second-order valence-corrected chi connectivity index (χ2v) is 4.69. The van der Waals surface area contributed by atoms with Crippen LogP contribution in [0.15, 0.2) is 0 Å². The third-order valence-electron chi connectivity index (χ3n) is 4.02. The van der Waals surface area contributed by atoms with Gasteiger partial charge in [0, 0.05) is 18.1 Å². The first-order valence-electron chi connectivity index (χ1n) is 5.38. The number of hydrogen-bond acceptors (Lipinski definition) is 4. The average molecular weight is 182 g/mol. The molecule has 5 N–H and O–H groups in total. The third-order valence-corrected chi connectivity index (χ3v) is 4.02. The number of fused-ring (bicyclic) bond motifs is 2. The Balaban J connectivity index is 1.66. The molecule has 0 bridgehead atoms. The normalized spacial score (nSPS) is 54.7. The van der Waals surface area contributed by atoms with Crippen molar-refractivity contribution in [1.29, 1.82) is 0 Å². The third kappa shape index (κ3) is 1.29. The van der Waals surface area contributed by atoms with Crippen molar-refractivity contribution in [1.82, 2.24) is 16.4 Å². The van der Waals surface area contributed by atoms with E-state index in [0.717, 1.165) is 11.8 Å². The van der Waals surface area contributed by atoms with Crippen molar-refractivity contribution >= 4 is 0 Å². The average Bonchev–Trinajstić information content (AvgIpc) is 2.55. The van der Waals surface area contributed by atoms with E-state index in [2.05, 4.69) is 16.4 Å². The van der Waals surface area contributed by atoms with Crippen LogP contribution in [0, 0.1) is 11.8 Å². The van der Waals surface area contributed by atoms with Crippen molar-refractivity contribution < 1.29 is 0 Å². The van der Waals surface area contributed by atoms with Crippen LogP contribution in [-0.2, 0) is 0 Å². The highest BCUT2D eigenvalue weighted by Crippen LogP contribution is 2.46. The Morgan fingerprint density at radius 2 is 1.38 bits per heavy atom. The Kier molecular flexibility index (Phi) is 1.83. The van der Waals surface area contributed by atoms with Crippen molar-refractivity contribution in [3.8, 4) is 0 Å². The van der Waals surface area contributed by atoms with Crippen molar-refractivity contribution in [3.05, 3.63) is 0 Å². The number of nitrogens with two attached hydrogens (primary N) is 1. The molecule has 4 nitrogen and oxygen atoms in total. The Morgan fingerprint density at radius 3 is 1.92 bits per heavy atom. The molecule has 1 saturated heterocycles. The van der Waals surface area contributed by atoms with Crippen LogP contribution in [0.3, 0.4) is 0 Å². The van der Waals surface area contributed by atoms with Crippen molar-refractivity contribution in [2.24, 2.45) is 17.6 Å². The van der Waals surface area contributed by atoms with E-state index in [1.54, 1.807) is 0 Å². The predicted octanol–water partition coefficient (Wildman–Crippen LogP) is -0.517. The molecule has 0 spiro atoms. The SMILES string of the molecule is NC1C2CCC3NNNC3CCC12. The van der Waals surface area contributed by atoms with Crippen LogP contribution in [0.5, 0.6) is 0 Å². The van der Waals surface area contributed by atoms with E-state index in [4.69, 9.17) is 5.73 Å². The topological polar surface area (TPSA) is 62.1 Å². The van der Waals surface area contributed by atoms with E-state index in [1.165, 1.54) is 25.7 Å². The number of hydrogen-bond donors (Lipinski definition) is 4. The van der Waals surface area contributed by atoms with E-state index in [1.807, 2.05) is 0 Å². The largest absolute Gasteiger partial charge is 0.327 e. The molecule has 3 aliphatic rings. The molecular formula is C9H18N4. The van der Waals surface area contributed by atoms with Crippen LogP contribution in [-0.4, -0.2) is 18.1 Å². The van der Waals surface area contributed by atoms with Gasteiger partial charge in [0.1, 0.15) is 0 Å². The Morgan fingerprint density at radius 1 is 0.846 bits per heavy atom. The molecule has 2 aliphatic carbocycles. The molecule has 0 radical (unpaired) electrons. The zero-order valence-electron chi connectivity index (χ0n) is 7.79. The summed E-state index contributed by atoms with van der Waals surface area (Å²) in [4.78, 5) is 0. The molecule has 13 heavy (non-hydrogen) atoms. The fraction of sp³-hybridized carbons (Fsp3) is 1.00. The summed E-state index contributed by atoms with van der Waals surface area (Å²) in [5, 5.41) is 0. The molecule has 74 valence electrons. The Hall–Kier alpha value is -0.160. The minimum absolute atomic E-state index is 0.520. The molecule has 4 atom stereocenters. The summed E-state index contributed by atoms with van der Waals surface area (Å²) >= 11 is 0. The second kappa shape index (κ2) is 2.92. The zero-order valence-corrected chi connectivity index (χ0v) is 7.79. The molecular weight excluding hydrogens is 164 g/mol. The summed E-state index contributed by atoms with van der Waals surface area (Å²) < 4.78 is 0. The fourth-order valence-electron chi connectivity index (χ4n) is 3.01. The standard InChI is InChI=1S/C9H18N4/c10-9-5-1-3-7-8(12-13-11-7)4-2-6(5)9/h5-9,11-13H,1-4,10H2. The van der Waals surface area contributed by atoms with Gasteiger partial charge in [0.15, 0.2) is 0 Å². The van der Waals surface area contributed by atoms with E-state index in [0.29, 0.717) is 18.1 Å². The molecule has 0 aromatic heterocycles. The van der Waals surface area contributed by atoms with Gasteiger partial charge in [-0.3, -0.25) is 0 Å². The molecule has 3 fully saturated rings. The Labute approximate surface area is 78.6 Å². The summed E-state index contributed by atoms with van der Waals surface area (Å²) in [5.41, 5.74) is 15.6. The van der Waals surface area contributed by atoms with Crippen LogP contribution < -0.4 is 22.1 Å². The van der Waals surface area contributed by atoms with Gasteiger partial charge in [-0.25, -0.2) is 10.9 Å². The summed E-state index contributed by atoms with van der Waals surface area (Å²) in [5.74, 6) is 1.67. The van der Waals surface area contributed by atoms with E-state index in [9.17, 15) is 0 Å². The van der Waals surface area contributed by atoms with Crippen LogP contribution in [0.2, 0.25) is 0 Å². The van der Waals surface area contributed by atoms with Gasteiger partial charge in [-0.1, -0.05) is 0 Å². The van der Waals surface area contributed by atoms with Crippen LogP contribution in [0.25, 0.3) is 0 Å². The van der Waals surface area contributed by atoms with Gasteiger partial charge in [0.2, 0.25) is 0 Å². The summed E-state index contributed by atoms with van der Waals surface area (Å²) in [7, 11) is 0. The molecule has 4 unspecified atom stereocenters. The summed E-state index contributed by atoms with van der Waals surface area (Å²) in [6.07, 6.45) is 5.14.